The second-order valence-corrected chi connectivity index (χ2v) is 5.98. The highest BCUT2D eigenvalue weighted by Crippen LogP contribution is 2.26. The molecule has 2 aromatic carbocycles. The number of aryl methyl sites for hydroxylation is 1. The van der Waals surface area contributed by atoms with E-state index < -0.39 is 0 Å². The number of hydrogen-bond donors (Lipinski definition) is 0. The van der Waals surface area contributed by atoms with Gasteiger partial charge >= 0.3 is 0 Å². The Bertz CT molecular complexity index is 882. The third kappa shape index (κ3) is 3.80. The quantitative estimate of drug-likeness (QED) is 0.590. The van der Waals surface area contributed by atoms with E-state index in [4.69, 9.17) is 4.74 Å². The highest BCUT2D eigenvalue weighted by molar-refractivity contribution is 5.76. The molecule has 0 amide bonds. The van der Waals surface area contributed by atoms with Crippen molar-refractivity contribution in [1.29, 1.82) is 0 Å². The van der Waals surface area contributed by atoms with E-state index in [0.717, 1.165) is 17.7 Å². The summed E-state index contributed by atoms with van der Waals surface area (Å²) >= 11 is 0. The van der Waals surface area contributed by atoms with Crippen molar-refractivity contribution in [2.75, 3.05) is 7.11 Å². The van der Waals surface area contributed by atoms with E-state index >= 15 is 0 Å². The Labute approximate surface area is 149 Å². The molecule has 3 aromatic rings. The number of hydrogen-bond acceptors (Lipinski definition) is 2. The van der Waals surface area contributed by atoms with E-state index in [1.807, 2.05) is 18.2 Å². The molecule has 0 aliphatic heterocycles. The first-order chi connectivity index (χ1) is 12.2. The van der Waals surface area contributed by atoms with E-state index in [1.165, 1.54) is 22.3 Å². The molecule has 0 N–H and O–H groups in total. The zero-order valence-corrected chi connectivity index (χ0v) is 15.0. The minimum absolute atomic E-state index is 0.708. The van der Waals surface area contributed by atoms with Gasteiger partial charge in [-0.1, -0.05) is 67.6 Å². The van der Waals surface area contributed by atoms with Crippen LogP contribution in [0.15, 0.2) is 60.7 Å². The summed E-state index contributed by atoms with van der Waals surface area (Å²) in [6, 6.07) is 21.0. The van der Waals surface area contributed by atoms with Crippen molar-refractivity contribution in [3.05, 3.63) is 83.0 Å². The van der Waals surface area contributed by atoms with Gasteiger partial charge in [-0.05, 0) is 47.7 Å². The van der Waals surface area contributed by atoms with Gasteiger partial charge < -0.3 is 4.74 Å². The minimum Gasteiger partial charge on any atom is -0.481 e. The molecule has 0 aliphatic carbocycles. The monoisotopic (exact) mass is 329 g/mol. The molecular weight excluding hydrogens is 306 g/mol. The summed E-state index contributed by atoms with van der Waals surface area (Å²) in [5.41, 5.74) is 6.99. The van der Waals surface area contributed by atoms with Crippen molar-refractivity contribution in [2.24, 2.45) is 0 Å². The van der Waals surface area contributed by atoms with Crippen molar-refractivity contribution in [3.8, 4) is 17.0 Å². The van der Waals surface area contributed by atoms with Gasteiger partial charge in [-0.15, -0.1) is 0 Å². The second kappa shape index (κ2) is 7.80. The standard InChI is InChI=1S/C23H23NO/c1-4-18-13-15-21(24-23(18)25-3)16-14-19-11-8-12-22(17(19)2)20-9-6-5-7-10-20/h5-16H,4H2,1-3H3/b16-14+. The van der Waals surface area contributed by atoms with Crippen LogP contribution in [0.25, 0.3) is 23.3 Å². The highest BCUT2D eigenvalue weighted by atomic mass is 16.5. The summed E-state index contributed by atoms with van der Waals surface area (Å²) < 4.78 is 5.38. The van der Waals surface area contributed by atoms with Crippen molar-refractivity contribution < 1.29 is 4.74 Å². The summed E-state index contributed by atoms with van der Waals surface area (Å²) in [6.07, 6.45) is 5.08. The van der Waals surface area contributed by atoms with E-state index in [9.17, 15) is 0 Å². The third-order valence-corrected chi connectivity index (χ3v) is 4.43. The van der Waals surface area contributed by atoms with Crippen LogP contribution in [0.4, 0.5) is 0 Å². The van der Waals surface area contributed by atoms with Crippen LogP contribution in [-0.2, 0) is 6.42 Å². The number of nitrogens with zero attached hydrogens (tertiary/aromatic N) is 1. The Morgan fingerprint density at radius 3 is 2.44 bits per heavy atom. The average molecular weight is 329 g/mol. The number of pyridine rings is 1. The van der Waals surface area contributed by atoms with Gasteiger partial charge in [0.1, 0.15) is 0 Å². The van der Waals surface area contributed by atoms with Crippen LogP contribution in [0, 0.1) is 6.92 Å². The summed E-state index contributed by atoms with van der Waals surface area (Å²) in [4.78, 5) is 4.58. The van der Waals surface area contributed by atoms with Crippen LogP contribution in [-0.4, -0.2) is 12.1 Å². The predicted octanol–water partition coefficient (Wildman–Crippen LogP) is 5.80. The first-order valence-corrected chi connectivity index (χ1v) is 8.60. The fourth-order valence-electron chi connectivity index (χ4n) is 2.96. The lowest BCUT2D eigenvalue weighted by molar-refractivity contribution is 0.392. The number of rotatable bonds is 5. The Morgan fingerprint density at radius 1 is 0.920 bits per heavy atom. The molecule has 0 aliphatic rings. The van der Waals surface area contributed by atoms with Crippen molar-refractivity contribution >= 4 is 12.2 Å². The lowest BCUT2D eigenvalue weighted by Gasteiger charge is -2.09. The van der Waals surface area contributed by atoms with E-state index in [0.29, 0.717) is 5.88 Å². The summed E-state index contributed by atoms with van der Waals surface area (Å²) in [5.74, 6) is 0.708. The Kier molecular flexibility index (Phi) is 5.30. The molecule has 2 nitrogen and oxygen atoms in total. The molecule has 3 rings (SSSR count). The molecular formula is C23H23NO. The van der Waals surface area contributed by atoms with Crippen LogP contribution in [0.5, 0.6) is 5.88 Å². The average Bonchev–Trinajstić information content (AvgIpc) is 2.67. The number of ether oxygens (including phenoxy) is 1. The number of benzene rings is 2. The van der Waals surface area contributed by atoms with Crippen molar-refractivity contribution in [2.45, 2.75) is 20.3 Å². The van der Waals surface area contributed by atoms with Gasteiger partial charge in [-0.25, -0.2) is 4.98 Å². The van der Waals surface area contributed by atoms with Crippen LogP contribution in [0.3, 0.4) is 0 Å². The van der Waals surface area contributed by atoms with Crippen molar-refractivity contribution in [3.63, 3.8) is 0 Å². The van der Waals surface area contributed by atoms with Gasteiger partial charge in [-0.2, -0.15) is 0 Å². The molecule has 0 saturated carbocycles. The molecule has 0 saturated heterocycles. The van der Waals surface area contributed by atoms with Gasteiger partial charge in [0.05, 0.1) is 12.8 Å². The fraction of sp³-hybridized carbons (Fsp3) is 0.174. The topological polar surface area (TPSA) is 22.1 Å². The Balaban J connectivity index is 1.92. The highest BCUT2D eigenvalue weighted by Gasteiger charge is 2.05. The van der Waals surface area contributed by atoms with Crippen molar-refractivity contribution in [1.82, 2.24) is 4.98 Å². The normalized spacial score (nSPS) is 11.0. The van der Waals surface area contributed by atoms with E-state index in [2.05, 4.69) is 73.4 Å². The number of aromatic nitrogens is 1. The van der Waals surface area contributed by atoms with Crippen LogP contribution in [0.1, 0.15) is 29.3 Å². The molecule has 0 bridgehead atoms. The van der Waals surface area contributed by atoms with E-state index in [1.54, 1.807) is 7.11 Å². The van der Waals surface area contributed by atoms with Crippen LogP contribution < -0.4 is 4.74 Å². The maximum Gasteiger partial charge on any atom is 0.216 e. The zero-order valence-electron chi connectivity index (χ0n) is 15.0. The van der Waals surface area contributed by atoms with Gasteiger partial charge in [-0.3, -0.25) is 0 Å². The molecule has 25 heavy (non-hydrogen) atoms. The molecule has 0 fully saturated rings. The van der Waals surface area contributed by atoms with Crippen LogP contribution in [0.2, 0.25) is 0 Å². The molecule has 126 valence electrons. The molecule has 0 spiro atoms. The third-order valence-electron chi connectivity index (χ3n) is 4.43. The summed E-state index contributed by atoms with van der Waals surface area (Å²) in [6.45, 7) is 4.27. The Hall–Kier alpha value is -2.87. The molecule has 0 radical (unpaired) electrons. The second-order valence-electron chi connectivity index (χ2n) is 5.98. The predicted molar refractivity (Wildman–Crippen MR) is 106 cm³/mol. The zero-order chi connectivity index (χ0) is 17.6. The largest absolute Gasteiger partial charge is 0.481 e. The van der Waals surface area contributed by atoms with E-state index in [-0.39, 0.29) is 0 Å². The first-order valence-electron chi connectivity index (χ1n) is 8.60. The Morgan fingerprint density at radius 2 is 1.72 bits per heavy atom. The molecule has 0 unspecified atom stereocenters. The van der Waals surface area contributed by atoms with Crippen LogP contribution >= 0.6 is 0 Å². The first kappa shape index (κ1) is 17.0. The minimum atomic E-state index is 0.708. The number of methoxy groups -OCH3 is 1. The van der Waals surface area contributed by atoms with Gasteiger partial charge in [0.15, 0.2) is 0 Å². The SMILES string of the molecule is CCc1ccc(/C=C/c2cccc(-c3ccccc3)c2C)nc1OC. The maximum absolute atomic E-state index is 5.38. The fourth-order valence-corrected chi connectivity index (χ4v) is 2.96. The molecule has 1 heterocycles. The molecule has 1 aromatic heterocycles. The van der Waals surface area contributed by atoms with Gasteiger partial charge in [0, 0.05) is 5.56 Å². The maximum atomic E-state index is 5.38. The smallest absolute Gasteiger partial charge is 0.216 e. The molecule has 0 atom stereocenters. The lowest BCUT2D eigenvalue weighted by atomic mass is 9.96. The van der Waals surface area contributed by atoms with Gasteiger partial charge in [0.2, 0.25) is 5.88 Å². The molecule has 2 heteroatoms. The summed E-state index contributed by atoms with van der Waals surface area (Å²) in [5, 5.41) is 0. The summed E-state index contributed by atoms with van der Waals surface area (Å²) in [7, 11) is 1.67. The van der Waals surface area contributed by atoms with Gasteiger partial charge in [0.25, 0.3) is 0 Å². The lowest BCUT2D eigenvalue weighted by Crippen LogP contribution is -1.95.